The maximum absolute atomic E-state index is 13.8. The fraction of sp³-hybridized carbons (Fsp3) is 0.192. The van der Waals surface area contributed by atoms with E-state index < -0.39 is 12.0 Å². The molecule has 7 nitrogen and oxygen atoms in total. The Morgan fingerprint density at radius 1 is 1.12 bits per heavy atom. The van der Waals surface area contributed by atoms with E-state index in [1.165, 1.54) is 11.3 Å². The summed E-state index contributed by atoms with van der Waals surface area (Å²) >= 11 is 1.54. The molecule has 172 valence electrons. The third-order valence-corrected chi connectivity index (χ3v) is 6.95. The number of hydrogen-bond donors (Lipinski definition) is 2. The van der Waals surface area contributed by atoms with Crippen LogP contribution in [0.3, 0.4) is 0 Å². The molecule has 2 atom stereocenters. The van der Waals surface area contributed by atoms with Crippen molar-refractivity contribution in [1.29, 1.82) is 0 Å². The summed E-state index contributed by atoms with van der Waals surface area (Å²) in [6, 6.07) is 22.4. The highest BCUT2D eigenvalue weighted by Gasteiger charge is 2.44. The maximum Gasteiger partial charge on any atom is 0.254 e. The highest BCUT2D eigenvalue weighted by atomic mass is 32.1. The smallest absolute Gasteiger partial charge is 0.254 e. The van der Waals surface area contributed by atoms with Gasteiger partial charge in [0.25, 0.3) is 5.91 Å². The van der Waals surface area contributed by atoms with Crippen LogP contribution in [0.15, 0.2) is 78.2 Å². The van der Waals surface area contributed by atoms with E-state index in [0.29, 0.717) is 24.5 Å². The Hall–Kier alpha value is -3.75. The van der Waals surface area contributed by atoms with E-state index >= 15 is 0 Å². The van der Waals surface area contributed by atoms with Gasteiger partial charge in [-0.15, -0.1) is 11.3 Å². The number of rotatable bonds is 7. The molecule has 2 unspecified atom stereocenters. The van der Waals surface area contributed by atoms with Crippen LogP contribution in [0.25, 0.3) is 11.3 Å². The molecule has 8 heteroatoms. The Morgan fingerprint density at radius 3 is 2.68 bits per heavy atom. The Morgan fingerprint density at radius 2 is 1.91 bits per heavy atom. The third-order valence-electron chi connectivity index (χ3n) is 6.01. The third kappa shape index (κ3) is 4.13. The minimum atomic E-state index is -0.596. The van der Waals surface area contributed by atoms with Crippen molar-refractivity contribution in [2.24, 2.45) is 0 Å². The Kier molecular flexibility index (Phi) is 6.24. The number of carbonyl (C=O) groups excluding carboxylic acids is 2. The number of aromatic amines is 1. The van der Waals surface area contributed by atoms with Crippen LogP contribution in [0.2, 0.25) is 0 Å². The van der Waals surface area contributed by atoms with Crippen molar-refractivity contribution in [2.45, 2.75) is 12.0 Å². The van der Waals surface area contributed by atoms with Crippen LogP contribution in [0.5, 0.6) is 0 Å². The van der Waals surface area contributed by atoms with Crippen molar-refractivity contribution in [1.82, 2.24) is 15.1 Å². The highest BCUT2D eigenvalue weighted by molar-refractivity contribution is 7.10. The van der Waals surface area contributed by atoms with Crippen LogP contribution in [0.4, 0.5) is 5.82 Å². The molecule has 3 heterocycles. The zero-order valence-electron chi connectivity index (χ0n) is 18.6. The Bertz CT molecular complexity index is 1290. The lowest BCUT2D eigenvalue weighted by Crippen LogP contribution is -2.47. The van der Waals surface area contributed by atoms with E-state index in [1.807, 2.05) is 72.1 Å². The van der Waals surface area contributed by atoms with Gasteiger partial charge in [0, 0.05) is 30.2 Å². The predicted octanol–water partition coefficient (Wildman–Crippen LogP) is 4.70. The number of thiophene rings is 1. The summed E-state index contributed by atoms with van der Waals surface area (Å²) < 4.78 is 5.28. The van der Waals surface area contributed by atoms with E-state index in [9.17, 15) is 9.59 Å². The van der Waals surface area contributed by atoms with Gasteiger partial charge in [0.1, 0.15) is 0 Å². The van der Waals surface area contributed by atoms with E-state index in [0.717, 1.165) is 21.7 Å². The fourth-order valence-electron chi connectivity index (χ4n) is 4.44. The molecule has 1 aliphatic rings. The minimum Gasteiger partial charge on any atom is -0.383 e. The number of anilines is 1. The number of H-pyrrole nitrogens is 1. The number of benzene rings is 2. The quantitative estimate of drug-likeness (QED) is 0.408. The first-order valence-corrected chi connectivity index (χ1v) is 11.9. The molecule has 5 rings (SSSR count). The van der Waals surface area contributed by atoms with Crippen molar-refractivity contribution in [2.75, 3.05) is 25.6 Å². The monoisotopic (exact) mass is 472 g/mol. The molecule has 0 aliphatic carbocycles. The van der Waals surface area contributed by atoms with Gasteiger partial charge >= 0.3 is 0 Å². The SMILES string of the molecule is COCCN1C(=O)c2ccccc2C(C(=O)Nc2cc(-c3ccccc3)[nH]n2)C1c1cccs1. The molecule has 0 radical (unpaired) electrons. The number of fused-ring (bicyclic) bond motifs is 1. The van der Waals surface area contributed by atoms with Crippen molar-refractivity contribution >= 4 is 29.0 Å². The molecular weight excluding hydrogens is 448 g/mol. The van der Waals surface area contributed by atoms with Crippen LogP contribution >= 0.6 is 11.3 Å². The van der Waals surface area contributed by atoms with Gasteiger partial charge < -0.3 is 15.0 Å². The topological polar surface area (TPSA) is 87.3 Å². The van der Waals surface area contributed by atoms with Gasteiger partial charge in [-0.25, -0.2) is 0 Å². The number of carbonyl (C=O) groups is 2. The van der Waals surface area contributed by atoms with Gasteiger partial charge in [-0.1, -0.05) is 54.6 Å². The summed E-state index contributed by atoms with van der Waals surface area (Å²) in [5, 5.41) is 12.2. The molecule has 0 spiro atoms. The molecule has 34 heavy (non-hydrogen) atoms. The number of nitrogens with one attached hydrogen (secondary N) is 2. The van der Waals surface area contributed by atoms with Crippen LogP contribution in [-0.2, 0) is 9.53 Å². The Balaban J connectivity index is 1.52. The number of ether oxygens (including phenoxy) is 1. The van der Waals surface area contributed by atoms with E-state index in [2.05, 4.69) is 15.5 Å². The Labute approximate surface area is 201 Å². The second-order valence-corrected chi connectivity index (χ2v) is 9.02. The molecule has 2 aromatic carbocycles. The minimum absolute atomic E-state index is 0.0961. The summed E-state index contributed by atoms with van der Waals surface area (Å²) in [7, 11) is 1.61. The largest absolute Gasteiger partial charge is 0.383 e. The van der Waals surface area contributed by atoms with Gasteiger partial charge in [-0.05, 0) is 28.6 Å². The first-order chi connectivity index (χ1) is 16.7. The lowest BCUT2D eigenvalue weighted by atomic mass is 9.81. The summed E-state index contributed by atoms with van der Waals surface area (Å²) in [6.45, 7) is 0.764. The van der Waals surface area contributed by atoms with Gasteiger partial charge in [0.15, 0.2) is 5.82 Å². The van der Waals surface area contributed by atoms with Crippen LogP contribution in [-0.4, -0.2) is 47.2 Å². The van der Waals surface area contributed by atoms with Crippen LogP contribution < -0.4 is 5.32 Å². The van der Waals surface area contributed by atoms with E-state index in [1.54, 1.807) is 18.1 Å². The zero-order valence-corrected chi connectivity index (χ0v) is 19.4. The number of methoxy groups -OCH3 is 1. The van der Waals surface area contributed by atoms with Crippen LogP contribution in [0, 0.1) is 0 Å². The first-order valence-electron chi connectivity index (χ1n) is 11.0. The molecule has 1 aliphatic heterocycles. The van der Waals surface area contributed by atoms with E-state index in [-0.39, 0.29) is 11.8 Å². The summed E-state index contributed by atoms with van der Waals surface area (Å²) in [6.07, 6.45) is 0. The molecule has 4 aromatic rings. The molecule has 2 aromatic heterocycles. The lowest BCUT2D eigenvalue weighted by Gasteiger charge is -2.41. The fourth-order valence-corrected chi connectivity index (χ4v) is 5.32. The van der Waals surface area contributed by atoms with Gasteiger partial charge in [0.2, 0.25) is 5.91 Å². The summed E-state index contributed by atoms with van der Waals surface area (Å²) in [4.78, 5) is 29.9. The second kappa shape index (κ2) is 9.62. The van der Waals surface area contributed by atoms with Crippen molar-refractivity contribution in [3.63, 3.8) is 0 Å². The van der Waals surface area contributed by atoms with Crippen molar-refractivity contribution < 1.29 is 14.3 Å². The summed E-state index contributed by atoms with van der Waals surface area (Å²) in [5.74, 6) is -0.471. The molecule has 2 N–H and O–H groups in total. The number of amides is 2. The van der Waals surface area contributed by atoms with Crippen molar-refractivity contribution in [3.8, 4) is 11.3 Å². The summed E-state index contributed by atoms with van der Waals surface area (Å²) in [5.41, 5.74) is 3.05. The average Bonchev–Trinajstić information content (AvgIpc) is 3.56. The maximum atomic E-state index is 13.8. The standard InChI is InChI=1S/C26H24N4O3S/c1-33-14-13-30-24(21-12-7-15-34-21)23(18-10-5-6-11-19(18)26(30)32)25(31)27-22-16-20(28-29-22)17-8-3-2-4-9-17/h2-12,15-16,23-24H,13-14H2,1H3,(H2,27,28,29,31). The number of aromatic nitrogens is 2. The van der Waals surface area contributed by atoms with E-state index in [4.69, 9.17) is 4.74 Å². The number of hydrogen-bond acceptors (Lipinski definition) is 5. The first kappa shape index (κ1) is 22.1. The van der Waals surface area contributed by atoms with Crippen LogP contribution in [0.1, 0.15) is 32.8 Å². The molecule has 0 fully saturated rings. The normalized spacial score (nSPS) is 17.4. The second-order valence-electron chi connectivity index (χ2n) is 8.04. The van der Waals surface area contributed by atoms with Gasteiger partial charge in [-0.2, -0.15) is 5.10 Å². The average molecular weight is 473 g/mol. The molecule has 0 saturated carbocycles. The number of nitrogens with zero attached hydrogens (tertiary/aromatic N) is 2. The zero-order chi connectivity index (χ0) is 23.5. The lowest BCUT2D eigenvalue weighted by molar-refractivity contribution is -0.119. The highest BCUT2D eigenvalue weighted by Crippen LogP contribution is 2.44. The predicted molar refractivity (Wildman–Crippen MR) is 132 cm³/mol. The van der Waals surface area contributed by atoms with Gasteiger partial charge in [-0.3, -0.25) is 14.7 Å². The molecular formula is C26H24N4O3S. The van der Waals surface area contributed by atoms with Crippen molar-refractivity contribution in [3.05, 3.63) is 94.2 Å². The molecule has 0 bridgehead atoms. The van der Waals surface area contributed by atoms with Gasteiger partial charge in [0.05, 0.1) is 24.3 Å². The molecule has 0 saturated heterocycles. The molecule has 2 amide bonds.